The molecule has 150 valence electrons. The Kier molecular flexibility index (Phi) is 6.55. The van der Waals surface area contributed by atoms with Gasteiger partial charge in [0.25, 0.3) is 5.22 Å². The molecule has 0 spiro atoms. The SMILES string of the molecule is CN(CC(=O)Nc1ccc(F)cc1)C(=O)CSc1nnc(-c2ccc(F)cc2)o1. The normalized spacial score (nSPS) is 10.6. The molecule has 0 fully saturated rings. The first-order valence-corrected chi connectivity index (χ1v) is 9.41. The molecule has 3 aromatic rings. The summed E-state index contributed by atoms with van der Waals surface area (Å²) in [6.07, 6.45) is 0. The average Bonchev–Trinajstić information content (AvgIpc) is 3.17. The molecule has 0 aliphatic heterocycles. The van der Waals surface area contributed by atoms with E-state index in [0.29, 0.717) is 11.3 Å². The van der Waals surface area contributed by atoms with Crippen molar-refractivity contribution in [1.29, 1.82) is 0 Å². The third-order valence-corrected chi connectivity index (χ3v) is 4.55. The number of anilines is 1. The number of hydrogen-bond donors (Lipinski definition) is 1. The van der Waals surface area contributed by atoms with Gasteiger partial charge in [0.05, 0.1) is 12.3 Å². The van der Waals surface area contributed by atoms with Crippen LogP contribution in [0.4, 0.5) is 14.5 Å². The van der Waals surface area contributed by atoms with Gasteiger partial charge >= 0.3 is 0 Å². The van der Waals surface area contributed by atoms with Gasteiger partial charge in [0.1, 0.15) is 11.6 Å². The lowest BCUT2D eigenvalue weighted by Crippen LogP contribution is -2.35. The number of aromatic nitrogens is 2. The number of nitrogens with one attached hydrogen (secondary N) is 1. The van der Waals surface area contributed by atoms with Gasteiger partial charge in [-0.25, -0.2) is 8.78 Å². The smallest absolute Gasteiger partial charge is 0.277 e. The molecule has 0 saturated carbocycles. The highest BCUT2D eigenvalue weighted by Gasteiger charge is 2.16. The Bertz CT molecular complexity index is 993. The number of likely N-dealkylation sites (N-methyl/N-ethyl adjacent to an activating group) is 1. The molecule has 2 aromatic carbocycles. The molecule has 0 unspecified atom stereocenters. The van der Waals surface area contributed by atoms with Crippen LogP contribution >= 0.6 is 11.8 Å². The molecule has 0 atom stereocenters. The maximum Gasteiger partial charge on any atom is 0.277 e. The topological polar surface area (TPSA) is 88.3 Å². The van der Waals surface area contributed by atoms with E-state index >= 15 is 0 Å². The maximum atomic E-state index is 13.0. The van der Waals surface area contributed by atoms with Crippen molar-refractivity contribution in [3.05, 3.63) is 60.2 Å². The van der Waals surface area contributed by atoms with Gasteiger partial charge in [-0.1, -0.05) is 11.8 Å². The zero-order valence-corrected chi connectivity index (χ0v) is 16.1. The number of carbonyl (C=O) groups is 2. The molecular formula is C19H16F2N4O3S. The Labute approximate surface area is 169 Å². The quantitative estimate of drug-likeness (QED) is 0.593. The second kappa shape index (κ2) is 9.28. The number of benzene rings is 2. The second-order valence-corrected chi connectivity index (χ2v) is 6.90. The lowest BCUT2D eigenvalue weighted by Gasteiger charge is -2.16. The van der Waals surface area contributed by atoms with E-state index in [1.165, 1.54) is 60.5 Å². The van der Waals surface area contributed by atoms with E-state index in [0.717, 1.165) is 11.8 Å². The number of halogens is 2. The van der Waals surface area contributed by atoms with E-state index in [-0.39, 0.29) is 35.1 Å². The third kappa shape index (κ3) is 5.85. The van der Waals surface area contributed by atoms with Crippen molar-refractivity contribution in [2.75, 3.05) is 24.7 Å². The third-order valence-electron chi connectivity index (χ3n) is 3.75. The molecular weight excluding hydrogens is 402 g/mol. The second-order valence-electron chi connectivity index (χ2n) is 5.97. The molecule has 0 bridgehead atoms. The maximum absolute atomic E-state index is 13.0. The molecule has 1 heterocycles. The Morgan fingerprint density at radius 2 is 1.66 bits per heavy atom. The Morgan fingerprint density at radius 3 is 2.31 bits per heavy atom. The number of carbonyl (C=O) groups excluding carboxylic acids is 2. The Hall–Kier alpha value is -3.27. The number of nitrogens with zero attached hydrogens (tertiary/aromatic N) is 3. The zero-order chi connectivity index (χ0) is 20.8. The van der Waals surface area contributed by atoms with Crippen LogP contribution in [-0.2, 0) is 9.59 Å². The van der Waals surface area contributed by atoms with Crippen LogP contribution < -0.4 is 5.32 Å². The van der Waals surface area contributed by atoms with Crippen LogP contribution in [0, 0.1) is 11.6 Å². The van der Waals surface area contributed by atoms with Gasteiger partial charge in [-0.2, -0.15) is 0 Å². The highest BCUT2D eigenvalue weighted by Crippen LogP contribution is 2.23. The first kappa shape index (κ1) is 20.5. The molecule has 0 radical (unpaired) electrons. The van der Waals surface area contributed by atoms with Crippen LogP contribution in [0.25, 0.3) is 11.5 Å². The Balaban J connectivity index is 1.48. The molecule has 29 heavy (non-hydrogen) atoms. The molecule has 3 rings (SSSR count). The molecule has 10 heteroatoms. The summed E-state index contributed by atoms with van der Waals surface area (Å²) in [5, 5.41) is 10.5. The first-order valence-electron chi connectivity index (χ1n) is 8.42. The lowest BCUT2D eigenvalue weighted by atomic mass is 10.2. The molecule has 0 aliphatic rings. The largest absolute Gasteiger partial charge is 0.411 e. The zero-order valence-electron chi connectivity index (χ0n) is 15.3. The van der Waals surface area contributed by atoms with E-state index in [9.17, 15) is 18.4 Å². The fourth-order valence-corrected chi connectivity index (χ4v) is 2.95. The van der Waals surface area contributed by atoms with Gasteiger partial charge in [0.15, 0.2) is 0 Å². The molecule has 2 amide bonds. The first-order chi connectivity index (χ1) is 13.9. The predicted molar refractivity (Wildman–Crippen MR) is 103 cm³/mol. The van der Waals surface area contributed by atoms with Crippen LogP contribution in [-0.4, -0.2) is 46.3 Å². The van der Waals surface area contributed by atoms with Crippen molar-refractivity contribution < 1.29 is 22.8 Å². The van der Waals surface area contributed by atoms with E-state index < -0.39 is 11.7 Å². The van der Waals surface area contributed by atoms with E-state index in [1.54, 1.807) is 0 Å². The number of hydrogen-bond acceptors (Lipinski definition) is 6. The van der Waals surface area contributed by atoms with Crippen molar-refractivity contribution >= 4 is 29.3 Å². The molecule has 0 saturated heterocycles. The summed E-state index contributed by atoms with van der Waals surface area (Å²) in [6.45, 7) is -0.165. The van der Waals surface area contributed by atoms with Crippen molar-refractivity contribution in [1.82, 2.24) is 15.1 Å². The van der Waals surface area contributed by atoms with E-state index in [4.69, 9.17) is 4.42 Å². The summed E-state index contributed by atoms with van der Waals surface area (Å²) in [5.74, 6) is -1.30. The van der Waals surface area contributed by atoms with Gasteiger partial charge in [0.2, 0.25) is 17.7 Å². The van der Waals surface area contributed by atoms with Crippen LogP contribution in [0.1, 0.15) is 0 Å². The minimum absolute atomic E-state index is 0.00855. The number of amides is 2. The number of thioether (sulfide) groups is 1. The molecule has 7 nitrogen and oxygen atoms in total. The van der Waals surface area contributed by atoms with Gasteiger partial charge in [-0.15, -0.1) is 10.2 Å². The average molecular weight is 418 g/mol. The summed E-state index contributed by atoms with van der Waals surface area (Å²) in [6, 6.07) is 10.9. The van der Waals surface area contributed by atoms with E-state index in [2.05, 4.69) is 15.5 Å². The van der Waals surface area contributed by atoms with Crippen LogP contribution in [0.5, 0.6) is 0 Å². The Morgan fingerprint density at radius 1 is 1.03 bits per heavy atom. The highest BCUT2D eigenvalue weighted by molar-refractivity contribution is 7.99. The van der Waals surface area contributed by atoms with Gasteiger partial charge in [-0.05, 0) is 48.5 Å². The highest BCUT2D eigenvalue weighted by atomic mass is 32.2. The summed E-state index contributed by atoms with van der Waals surface area (Å²) in [5.41, 5.74) is 0.998. The predicted octanol–water partition coefficient (Wildman–Crippen LogP) is 3.20. The lowest BCUT2D eigenvalue weighted by molar-refractivity contribution is -0.131. The summed E-state index contributed by atoms with van der Waals surface area (Å²) in [7, 11) is 1.49. The molecule has 0 aliphatic carbocycles. The van der Waals surface area contributed by atoms with Crippen LogP contribution in [0.2, 0.25) is 0 Å². The van der Waals surface area contributed by atoms with Gasteiger partial charge in [0, 0.05) is 18.3 Å². The van der Waals surface area contributed by atoms with Gasteiger partial charge in [-0.3, -0.25) is 9.59 Å². The molecule has 1 aromatic heterocycles. The standard InChI is InChI=1S/C19H16F2N4O3S/c1-25(10-16(26)22-15-8-6-14(21)7-9-15)17(27)11-29-19-24-23-18(28-19)12-2-4-13(20)5-3-12/h2-9H,10-11H2,1H3,(H,22,26). The van der Waals surface area contributed by atoms with Crippen molar-refractivity contribution in [2.24, 2.45) is 0 Å². The summed E-state index contributed by atoms with van der Waals surface area (Å²) in [4.78, 5) is 25.5. The minimum Gasteiger partial charge on any atom is -0.411 e. The fraction of sp³-hybridized carbons (Fsp3) is 0.158. The minimum atomic E-state index is -0.408. The van der Waals surface area contributed by atoms with Crippen LogP contribution in [0.3, 0.4) is 0 Å². The molecule has 1 N–H and O–H groups in total. The monoisotopic (exact) mass is 418 g/mol. The number of rotatable bonds is 7. The fourth-order valence-electron chi connectivity index (χ4n) is 2.25. The summed E-state index contributed by atoms with van der Waals surface area (Å²) >= 11 is 1.03. The summed E-state index contributed by atoms with van der Waals surface area (Å²) < 4.78 is 31.3. The van der Waals surface area contributed by atoms with Crippen LogP contribution in [0.15, 0.2) is 58.2 Å². The van der Waals surface area contributed by atoms with E-state index in [1.807, 2.05) is 0 Å². The van der Waals surface area contributed by atoms with Gasteiger partial charge < -0.3 is 14.6 Å². The van der Waals surface area contributed by atoms with Crippen molar-refractivity contribution in [2.45, 2.75) is 5.22 Å². The van der Waals surface area contributed by atoms with Crippen molar-refractivity contribution in [3.63, 3.8) is 0 Å². The van der Waals surface area contributed by atoms with Crippen molar-refractivity contribution in [3.8, 4) is 11.5 Å².